The van der Waals surface area contributed by atoms with Crippen LogP contribution in [0.1, 0.15) is 29.0 Å². The molecule has 0 saturated carbocycles. The third-order valence-electron chi connectivity index (χ3n) is 7.40. The molecule has 2 fully saturated rings. The first kappa shape index (κ1) is 23.4. The molecule has 6 rings (SSSR count). The van der Waals surface area contributed by atoms with Crippen LogP contribution >= 0.6 is 11.3 Å². The van der Waals surface area contributed by atoms with Crippen LogP contribution in [-0.2, 0) is 19.5 Å². The molecule has 2 aliphatic rings. The Morgan fingerprint density at radius 2 is 1.97 bits per heavy atom. The van der Waals surface area contributed by atoms with E-state index >= 15 is 0 Å². The van der Waals surface area contributed by atoms with Gasteiger partial charge in [0, 0.05) is 47.7 Å². The SMILES string of the molecule is C=NCc1cc2ccc(CN3CCC4(CCN(c5ncnc6cc(CC(F)(F)F)sc56)C4)C3)cc2[nH]1. The summed E-state index contributed by atoms with van der Waals surface area (Å²) in [7, 11) is 0. The summed E-state index contributed by atoms with van der Waals surface area (Å²) in [6.07, 6.45) is -1.51. The fraction of sp³-hybridized carbons (Fsp3) is 0.423. The van der Waals surface area contributed by atoms with Gasteiger partial charge in [0.15, 0.2) is 0 Å². The molecule has 36 heavy (non-hydrogen) atoms. The largest absolute Gasteiger partial charge is 0.393 e. The Morgan fingerprint density at radius 1 is 1.11 bits per heavy atom. The number of rotatable bonds is 6. The lowest BCUT2D eigenvalue weighted by Crippen LogP contribution is -2.31. The van der Waals surface area contributed by atoms with Gasteiger partial charge < -0.3 is 9.88 Å². The second-order valence-electron chi connectivity index (χ2n) is 10.1. The molecule has 1 atom stereocenters. The van der Waals surface area contributed by atoms with Crippen LogP contribution in [0.3, 0.4) is 0 Å². The van der Waals surface area contributed by atoms with E-state index in [1.54, 1.807) is 6.07 Å². The average Bonchev–Trinajstić information content (AvgIpc) is 3.59. The van der Waals surface area contributed by atoms with Gasteiger partial charge in [-0.2, -0.15) is 13.2 Å². The summed E-state index contributed by atoms with van der Waals surface area (Å²) in [5.41, 5.74) is 4.26. The van der Waals surface area contributed by atoms with Gasteiger partial charge in [-0.25, -0.2) is 9.97 Å². The molecule has 2 aliphatic heterocycles. The van der Waals surface area contributed by atoms with Gasteiger partial charge in [0.05, 0.1) is 23.2 Å². The lowest BCUT2D eigenvalue weighted by atomic mass is 9.86. The molecule has 3 aromatic heterocycles. The molecular formula is C26H27F3N6S. The molecule has 0 radical (unpaired) electrons. The van der Waals surface area contributed by atoms with E-state index in [9.17, 15) is 13.2 Å². The van der Waals surface area contributed by atoms with E-state index in [0.29, 0.717) is 12.1 Å². The second-order valence-corrected chi connectivity index (χ2v) is 11.3. The molecule has 188 valence electrons. The topological polar surface area (TPSA) is 60.4 Å². The maximum absolute atomic E-state index is 12.9. The summed E-state index contributed by atoms with van der Waals surface area (Å²) in [6.45, 7) is 8.84. The Bertz CT molecular complexity index is 1430. The first-order valence-corrected chi connectivity index (χ1v) is 12.9. The molecule has 1 aromatic carbocycles. The van der Waals surface area contributed by atoms with E-state index in [0.717, 1.165) is 67.3 Å². The predicted molar refractivity (Wildman–Crippen MR) is 138 cm³/mol. The summed E-state index contributed by atoms with van der Waals surface area (Å²) in [5, 5.41) is 1.19. The first-order valence-electron chi connectivity index (χ1n) is 12.1. The van der Waals surface area contributed by atoms with Crippen molar-refractivity contribution < 1.29 is 13.2 Å². The highest BCUT2D eigenvalue weighted by atomic mass is 32.1. The maximum Gasteiger partial charge on any atom is 0.393 e. The number of thiophene rings is 1. The summed E-state index contributed by atoms with van der Waals surface area (Å²) in [5.74, 6) is 0.774. The molecular weight excluding hydrogens is 485 g/mol. The van der Waals surface area contributed by atoms with E-state index in [2.05, 4.69) is 60.7 Å². The molecule has 6 nitrogen and oxygen atoms in total. The summed E-state index contributed by atoms with van der Waals surface area (Å²) in [6, 6.07) is 10.3. The number of alkyl halides is 3. The average molecular weight is 513 g/mol. The van der Waals surface area contributed by atoms with Crippen LogP contribution in [0.4, 0.5) is 19.0 Å². The van der Waals surface area contributed by atoms with Gasteiger partial charge in [-0.15, -0.1) is 11.3 Å². The molecule has 0 amide bonds. The third kappa shape index (κ3) is 4.59. The Labute approximate surface area is 210 Å². The Hall–Kier alpha value is -2.98. The molecule has 0 aliphatic carbocycles. The quantitative estimate of drug-likeness (QED) is 0.343. The van der Waals surface area contributed by atoms with Gasteiger partial charge in [0.2, 0.25) is 0 Å². The van der Waals surface area contributed by atoms with Crippen LogP contribution in [0, 0.1) is 5.41 Å². The zero-order valence-electron chi connectivity index (χ0n) is 19.8. The standard InChI is InChI=1S/C26H27F3N6S/c1-30-12-19-9-18-3-2-17(8-21(18)33-19)13-34-6-4-25(14-34)5-7-35(15-25)24-23-22(31-16-32-24)10-20(36-23)11-26(27,28)29/h2-3,8-10,16,33H,1,4-7,11-15H2. The van der Waals surface area contributed by atoms with Crippen molar-refractivity contribution in [1.29, 1.82) is 0 Å². The predicted octanol–water partition coefficient (Wildman–Crippen LogP) is 5.58. The number of likely N-dealkylation sites (tertiary alicyclic amines) is 1. The summed E-state index contributed by atoms with van der Waals surface area (Å²) < 4.78 is 39.5. The van der Waals surface area contributed by atoms with Gasteiger partial charge in [-0.1, -0.05) is 12.1 Å². The van der Waals surface area contributed by atoms with Crippen molar-refractivity contribution in [2.45, 2.75) is 38.5 Å². The van der Waals surface area contributed by atoms with E-state index in [1.807, 2.05) is 0 Å². The smallest absolute Gasteiger partial charge is 0.357 e. The molecule has 1 spiro atoms. The Morgan fingerprint density at radius 3 is 2.81 bits per heavy atom. The molecule has 5 heterocycles. The highest BCUT2D eigenvalue weighted by Gasteiger charge is 2.44. The van der Waals surface area contributed by atoms with E-state index in [1.165, 1.54) is 28.6 Å². The number of halogens is 3. The molecule has 10 heteroatoms. The number of nitrogens with one attached hydrogen (secondary N) is 1. The van der Waals surface area contributed by atoms with E-state index < -0.39 is 12.6 Å². The minimum absolute atomic E-state index is 0.183. The number of hydrogen-bond donors (Lipinski definition) is 1. The number of nitrogens with zero attached hydrogens (tertiary/aromatic N) is 5. The lowest BCUT2D eigenvalue weighted by molar-refractivity contribution is -0.126. The normalized spacial score (nSPS) is 20.9. The van der Waals surface area contributed by atoms with Crippen LogP contribution in [0.2, 0.25) is 0 Å². The number of hydrogen-bond acceptors (Lipinski definition) is 6. The number of aromatic nitrogens is 3. The van der Waals surface area contributed by atoms with Gasteiger partial charge in [-0.3, -0.25) is 9.89 Å². The van der Waals surface area contributed by atoms with Crippen molar-refractivity contribution in [2.24, 2.45) is 10.4 Å². The minimum Gasteiger partial charge on any atom is -0.357 e. The molecule has 2 saturated heterocycles. The fourth-order valence-corrected chi connectivity index (χ4v) is 6.97. The highest BCUT2D eigenvalue weighted by Crippen LogP contribution is 2.43. The highest BCUT2D eigenvalue weighted by molar-refractivity contribution is 7.19. The monoisotopic (exact) mass is 512 g/mol. The van der Waals surface area contributed by atoms with Gasteiger partial charge >= 0.3 is 6.18 Å². The minimum atomic E-state index is -4.23. The molecule has 0 bridgehead atoms. The number of H-pyrrole nitrogens is 1. The Balaban J connectivity index is 1.15. The van der Waals surface area contributed by atoms with E-state index in [4.69, 9.17) is 0 Å². The number of aromatic amines is 1. The molecule has 4 aromatic rings. The van der Waals surface area contributed by atoms with Crippen molar-refractivity contribution in [3.8, 4) is 0 Å². The third-order valence-corrected chi connectivity index (χ3v) is 8.52. The summed E-state index contributed by atoms with van der Waals surface area (Å²) in [4.78, 5) is 21.2. The van der Waals surface area contributed by atoms with Gasteiger partial charge in [0.1, 0.15) is 12.1 Å². The molecule has 1 unspecified atom stereocenters. The van der Waals surface area contributed by atoms with Crippen LogP contribution in [0.15, 0.2) is 41.7 Å². The number of benzene rings is 1. The van der Waals surface area contributed by atoms with Crippen LogP contribution in [0.5, 0.6) is 0 Å². The van der Waals surface area contributed by atoms with Crippen molar-refractivity contribution >= 4 is 45.0 Å². The van der Waals surface area contributed by atoms with Crippen molar-refractivity contribution in [2.75, 3.05) is 31.1 Å². The summed E-state index contributed by atoms with van der Waals surface area (Å²) >= 11 is 1.17. The van der Waals surface area contributed by atoms with Crippen LogP contribution in [0.25, 0.3) is 21.1 Å². The van der Waals surface area contributed by atoms with Gasteiger partial charge in [-0.05, 0) is 55.3 Å². The van der Waals surface area contributed by atoms with Crippen LogP contribution in [-0.4, -0.2) is 58.9 Å². The van der Waals surface area contributed by atoms with E-state index in [-0.39, 0.29) is 10.3 Å². The second kappa shape index (κ2) is 8.85. The fourth-order valence-electron chi connectivity index (χ4n) is 5.81. The van der Waals surface area contributed by atoms with Crippen LogP contribution < -0.4 is 4.90 Å². The number of aliphatic imine (C=N–C) groups is 1. The van der Waals surface area contributed by atoms with Crippen molar-refractivity contribution in [3.05, 3.63) is 52.8 Å². The number of fused-ring (bicyclic) bond motifs is 2. The zero-order chi connectivity index (χ0) is 24.9. The maximum atomic E-state index is 12.9. The first-order chi connectivity index (χ1) is 17.3. The van der Waals surface area contributed by atoms with Crippen molar-refractivity contribution in [1.82, 2.24) is 19.9 Å². The van der Waals surface area contributed by atoms with Crippen molar-refractivity contribution in [3.63, 3.8) is 0 Å². The van der Waals surface area contributed by atoms with Gasteiger partial charge in [0.25, 0.3) is 0 Å². The Kier molecular flexibility index (Phi) is 5.75. The zero-order valence-corrected chi connectivity index (χ0v) is 20.6. The molecule has 1 N–H and O–H groups in total. The lowest BCUT2D eigenvalue weighted by Gasteiger charge is -2.25. The number of anilines is 1.